The molecule has 172 valence electrons. The monoisotopic (exact) mass is 461 g/mol. The summed E-state index contributed by atoms with van der Waals surface area (Å²) in [5.74, 6) is -1.39. The molecule has 0 saturated carbocycles. The van der Waals surface area contributed by atoms with Gasteiger partial charge in [0.05, 0.1) is 17.3 Å². The van der Waals surface area contributed by atoms with Crippen LogP contribution in [0.1, 0.15) is 46.2 Å². The summed E-state index contributed by atoms with van der Waals surface area (Å²) in [5, 5.41) is 1.99. The maximum absolute atomic E-state index is 14.2. The Kier molecular flexibility index (Phi) is 7.28. The molecule has 1 aliphatic rings. The van der Waals surface area contributed by atoms with Gasteiger partial charge in [0.25, 0.3) is 0 Å². The third-order valence-electron chi connectivity index (χ3n) is 5.26. The van der Waals surface area contributed by atoms with Crippen molar-refractivity contribution >= 4 is 39.9 Å². The lowest BCUT2D eigenvalue weighted by molar-refractivity contribution is -0.154. The Morgan fingerprint density at radius 1 is 1.22 bits per heavy atom. The average Bonchev–Trinajstić information content (AvgIpc) is 3.20. The van der Waals surface area contributed by atoms with Crippen LogP contribution in [0, 0.1) is 17.2 Å². The molecule has 1 aromatic heterocycles. The summed E-state index contributed by atoms with van der Waals surface area (Å²) in [7, 11) is 0. The molecule has 0 bridgehead atoms. The molecular weight excluding hydrogens is 433 g/mol. The molecular formula is C23H28FN3O4S. The Balaban J connectivity index is 1.57. The van der Waals surface area contributed by atoms with E-state index in [1.807, 2.05) is 20.8 Å². The van der Waals surface area contributed by atoms with Crippen LogP contribution in [0.3, 0.4) is 0 Å². The van der Waals surface area contributed by atoms with Crippen LogP contribution < -0.4 is 4.90 Å². The van der Waals surface area contributed by atoms with Gasteiger partial charge in [-0.25, -0.2) is 9.37 Å². The Labute approximate surface area is 191 Å². The van der Waals surface area contributed by atoms with E-state index in [-0.39, 0.29) is 36.0 Å². The van der Waals surface area contributed by atoms with Crippen LogP contribution in [-0.2, 0) is 25.7 Å². The largest absolute Gasteiger partial charge is 0.459 e. The first-order valence-electron chi connectivity index (χ1n) is 10.5. The summed E-state index contributed by atoms with van der Waals surface area (Å²) in [6, 6.07) is 5.98. The fourth-order valence-electron chi connectivity index (χ4n) is 3.56. The zero-order valence-electron chi connectivity index (χ0n) is 18.8. The standard InChI is InChI=1S/C23H28FN3O4S/c1-15(28)27(19-8-6-5-7-18(19)24)22-25-17(14-32-22)13-31-20(29)16-9-11-26(12-10-16)21(30)23(2,3)4/h5-8,14,16H,9-13H2,1-4H3. The van der Waals surface area contributed by atoms with Crippen LogP contribution in [0.5, 0.6) is 0 Å². The number of hydrogen-bond acceptors (Lipinski definition) is 6. The molecule has 0 spiro atoms. The van der Waals surface area contributed by atoms with E-state index in [0.717, 1.165) is 0 Å². The molecule has 1 aliphatic heterocycles. The van der Waals surface area contributed by atoms with Crippen molar-refractivity contribution in [3.05, 3.63) is 41.2 Å². The molecule has 2 aromatic rings. The quantitative estimate of drug-likeness (QED) is 0.621. The number of esters is 1. The second-order valence-electron chi connectivity index (χ2n) is 8.85. The molecule has 7 nitrogen and oxygen atoms in total. The number of halogens is 1. The minimum atomic E-state index is -0.526. The Bertz CT molecular complexity index is 993. The van der Waals surface area contributed by atoms with Crippen LogP contribution in [0.15, 0.2) is 29.6 Å². The number of carbonyl (C=O) groups excluding carboxylic acids is 3. The number of aromatic nitrogens is 1. The second-order valence-corrected chi connectivity index (χ2v) is 9.69. The number of piperidine rings is 1. The Morgan fingerprint density at radius 3 is 2.47 bits per heavy atom. The summed E-state index contributed by atoms with van der Waals surface area (Å²) in [6.07, 6.45) is 1.13. The molecule has 0 aliphatic carbocycles. The summed E-state index contributed by atoms with van der Waals surface area (Å²) in [4.78, 5) is 44.4. The van der Waals surface area contributed by atoms with Gasteiger partial charge < -0.3 is 9.64 Å². The highest BCUT2D eigenvalue weighted by molar-refractivity contribution is 7.14. The molecule has 2 heterocycles. The molecule has 0 N–H and O–H groups in total. The number of para-hydroxylation sites is 1. The van der Waals surface area contributed by atoms with E-state index in [1.165, 1.54) is 35.3 Å². The number of hydrogen-bond donors (Lipinski definition) is 0. The zero-order valence-corrected chi connectivity index (χ0v) is 19.6. The Hall–Kier alpha value is -2.81. The van der Waals surface area contributed by atoms with Crippen molar-refractivity contribution in [2.45, 2.75) is 47.1 Å². The van der Waals surface area contributed by atoms with Gasteiger partial charge in [0.15, 0.2) is 5.13 Å². The van der Waals surface area contributed by atoms with Gasteiger partial charge in [0.2, 0.25) is 11.8 Å². The highest BCUT2D eigenvalue weighted by atomic mass is 32.1. The third-order valence-corrected chi connectivity index (χ3v) is 6.13. The first kappa shape index (κ1) is 23.8. The first-order valence-corrected chi connectivity index (χ1v) is 11.4. The van der Waals surface area contributed by atoms with Gasteiger partial charge in [-0.1, -0.05) is 32.9 Å². The number of anilines is 2. The maximum Gasteiger partial charge on any atom is 0.309 e. The smallest absolute Gasteiger partial charge is 0.309 e. The van der Waals surface area contributed by atoms with E-state index in [4.69, 9.17) is 4.74 Å². The zero-order chi connectivity index (χ0) is 23.5. The fraction of sp³-hybridized carbons (Fsp3) is 0.478. The normalized spacial score (nSPS) is 14.8. The van der Waals surface area contributed by atoms with Gasteiger partial charge in [0.1, 0.15) is 12.4 Å². The van der Waals surface area contributed by atoms with Crippen molar-refractivity contribution < 1.29 is 23.5 Å². The number of carbonyl (C=O) groups is 3. The van der Waals surface area contributed by atoms with Crippen LogP contribution >= 0.6 is 11.3 Å². The average molecular weight is 462 g/mol. The van der Waals surface area contributed by atoms with Crippen molar-refractivity contribution in [1.82, 2.24) is 9.88 Å². The van der Waals surface area contributed by atoms with Crippen LogP contribution in [-0.4, -0.2) is 40.8 Å². The molecule has 0 radical (unpaired) electrons. The topological polar surface area (TPSA) is 79.8 Å². The first-order chi connectivity index (χ1) is 15.1. The molecule has 32 heavy (non-hydrogen) atoms. The second kappa shape index (κ2) is 9.77. The molecule has 0 atom stereocenters. The molecule has 1 fully saturated rings. The van der Waals surface area contributed by atoms with E-state index in [1.54, 1.807) is 22.4 Å². The number of benzene rings is 1. The molecule has 0 unspecified atom stereocenters. The minimum absolute atomic E-state index is 0.0283. The lowest BCUT2D eigenvalue weighted by Crippen LogP contribution is -2.45. The number of nitrogens with zero attached hydrogens (tertiary/aromatic N) is 3. The van der Waals surface area contributed by atoms with Crippen molar-refractivity contribution in [2.75, 3.05) is 18.0 Å². The summed E-state index contributed by atoms with van der Waals surface area (Å²) < 4.78 is 19.6. The van der Waals surface area contributed by atoms with Gasteiger partial charge in [-0.05, 0) is 25.0 Å². The van der Waals surface area contributed by atoms with E-state index in [0.29, 0.717) is 36.8 Å². The number of rotatable bonds is 5. The molecule has 9 heteroatoms. The summed E-state index contributed by atoms with van der Waals surface area (Å²) in [6.45, 7) is 8.04. The van der Waals surface area contributed by atoms with E-state index in [2.05, 4.69) is 4.98 Å². The van der Waals surface area contributed by atoms with Crippen LogP contribution in [0.2, 0.25) is 0 Å². The van der Waals surface area contributed by atoms with Gasteiger partial charge in [-0.15, -0.1) is 11.3 Å². The van der Waals surface area contributed by atoms with Crippen LogP contribution in [0.4, 0.5) is 15.2 Å². The maximum atomic E-state index is 14.2. The molecule has 3 rings (SSSR count). The highest BCUT2D eigenvalue weighted by Crippen LogP contribution is 2.31. The van der Waals surface area contributed by atoms with Crippen LogP contribution in [0.25, 0.3) is 0 Å². The molecule has 2 amide bonds. The van der Waals surface area contributed by atoms with Crippen molar-refractivity contribution in [3.63, 3.8) is 0 Å². The van der Waals surface area contributed by atoms with Crippen molar-refractivity contribution in [2.24, 2.45) is 11.3 Å². The number of ether oxygens (including phenoxy) is 1. The van der Waals surface area contributed by atoms with E-state index < -0.39 is 11.2 Å². The minimum Gasteiger partial charge on any atom is -0.459 e. The number of thiazole rings is 1. The van der Waals surface area contributed by atoms with Crippen molar-refractivity contribution in [3.8, 4) is 0 Å². The highest BCUT2D eigenvalue weighted by Gasteiger charge is 2.33. The lowest BCUT2D eigenvalue weighted by atomic mass is 9.91. The fourth-order valence-corrected chi connectivity index (χ4v) is 4.43. The predicted octanol–water partition coefficient (Wildman–Crippen LogP) is 4.29. The lowest BCUT2D eigenvalue weighted by Gasteiger charge is -2.34. The Morgan fingerprint density at radius 2 is 1.88 bits per heavy atom. The van der Waals surface area contributed by atoms with Crippen molar-refractivity contribution in [1.29, 1.82) is 0 Å². The van der Waals surface area contributed by atoms with Gasteiger partial charge in [-0.3, -0.25) is 19.3 Å². The third kappa shape index (κ3) is 5.51. The van der Waals surface area contributed by atoms with E-state index in [9.17, 15) is 18.8 Å². The van der Waals surface area contributed by atoms with Gasteiger partial charge in [-0.2, -0.15) is 0 Å². The number of amides is 2. The summed E-state index contributed by atoms with van der Waals surface area (Å²) in [5.41, 5.74) is 0.169. The van der Waals surface area contributed by atoms with E-state index >= 15 is 0 Å². The molecule has 1 saturated heterocycles. The van der Waals surface area contributed by atoms with Gasteiger partial charge in [0, 0.05) is 30.8 Å². The number of likely N-dealkylation sites (tertiary alicyclic amines) is 1. The predicted molar refractivity (Wildman–Crippen MR) is 120 cm³/mol. The van der Waals surface area contributed by atoms with Gasteiger partial charge >= 0.3 is 5.97 Å². The molecule has 1 aromatic carbocycles. The SMILES string of the molecule is CC(=O)N(c1nc(COC(=O)C2CCN(C(=O)C(C)(C)C)CC2)cs1)c1ccccc1F. The summed E-state index contributed by atoms with van der Waals surface area (Å²) >= 11 is 1.17.